The molecule has 3 N–H and O–H groups in total. The zero-order chi connectivity index (χ0) is 13.8. The molecule has 2 atom stereocenters. The van der Waals surface area contributed by atoms with Crippen molar-refractivity contribution in [1.82, 2.24) is 0 Å². The lowest BCUT2D eigenvalue weighted by molar-refractivity contribution is -0.384. The van der Waals surface area contributed by atoms with Gasteiger partial charge >= 0.3 is 0 Å². The summed E-state index contributed by atoms with van der Waals surface area (Å²) < 4.78 is 0.869. The highest BCUT2D eigenvalue weighted by atomic mass is 127. The molecule has 0 radical (unpaired) electrons. The van der Waals surface area contributed by atoms with Gasteiger partial charge in [-0.15, -0.1) is 0 Å². The minimum absolute atomic E-state index is 0.147. The van der Waals surface area contributed by atoms with Gasteiger partial charge in [0.15, 0.2) is 0 Å². The molecule has 0 aliphatic heterocycles. The highest BCUT2D eigenvalue weighted by Crippen LogP contribution is 2.31. The summed E-state index contributed by atoms with van der Waals surface area (Å²) in [6, 6.07) is 5.53. The molecule has 0 spiro atoms. The second-order valence-corrected chi connectivity index (χ2v) is 6.20. The number of nitrogens with two attached hydrogens (primary N) is 1. The van der Waals surface area contributed by atoms with E-state index < -0.39 is 0 Å². The summed E-state index contributed by atoms with van der Waals surface area (Å²) in [6.45, 7) is 0.635. The highest BCUT2D eigenvalue weighted by molar-refractivity contribution is 14.1. The lowest BCUT2D eigenvalue weighted by Gasteiger charge is -2.31. The average Bonchev–Trinajstić information content (AvgIpc) is 2.41. The summed E-state index contributed by atoms with van der Waals surface area (Å²) in [5, 5.41) is 14.4. The normalized spacial score (nSPS) is 23.1. The van der Waals surface area contributed by atoms with Crippen molar-refractivity contribution >= 4 is 34.0 Å². The number of nitrogens with zero attached hydrogens (tertiary/aromatic N) is 1. The smallest absolute Gasteiger partial charge is 0.293 e. The fourth-order valence-electron chi connectivity index (χ4n) is 2.66. The number of rotatable bonds is 4. The molecule has 1 aromatic rings. The summed E-state index contributed by atoms with van der Waals surface area (Å²) in [7, 11) is 0. The van der Waals surface area contributed by atoms with Crippen LogP contribution in [-0.4, -0.2) is 17.5 Å². The first-order chi connectivity index (χ1) is 9.11. The van der Waals surface area contributed by atoms with Crippen molar-refractivity contribution in [1.29, 1.82) is 0 Å². The number of halogens is 1. The molecule has 1 aliphatic carbocycles. The Balaban J connectivity index is 2.20. The second-order valence-electron chi connectivity index (χ2n) is 4.95. The van der Waals surface area contributed by atoms with Gasteiger partial charge in [0.2, 0.25) is 0 Å². The maximum atomic E-state index is 11.1. The number of anilines is 1. The molecule has 1 aromatic carbocycles. The summed E-state index contributed by atoms with van der Waals surface area (Å²) in [5.41, 5.74) is 6.55. The standard InChI is InChI=1S/C13H18IN3O2/c14-10-5-6-12(13(7-10)17(18)19)16-11-4-2-1-3-9(11)8-15/h5-7,9,11,16H,1-4,8,15H2. The van der Waals surface area contributed by atoms with Crippen LogP contribution in [0.1, 0.15) is 25.7 Å². The average molecular weight is 375 g/mol. The van der Waals surface area contributed by atoms with E-state index in [2.05, 4.69) is 27.9 Å². The maximum absolute atomic E-state index is 11.1. The summed E-state index contributed by atoms with van der Waals surface area (Å²) in [4.78, 5) is 10.8. The molecular formula is C13H18IN3O2. The molecule has 5 nitrogen and oxygen atoms in total. The van der Waals surface area contributed by atoms with Gasteiger partial charge in [-0.25, -0.2) is 0 Å². The van der Waals surface area contributed by atoms with Gasteiger partial charge in [-0.05, 0) is 60.0 Å². The van der Waals surface area contributed by atoms with Crippen molar-refractivity contribution in [3.05, 3.63) is 31.9 Å². The Morgan fingerprint density at radius 2 is 2.16 bits per heavy atom. The van der Waals surface area contributed by atoms with Crippen LogP contribution < -0.4 is 11.1 Å². The Morgan fingerprint density at radius 3 is 2.84 bits per heavy atom. The monoisotopic (exact) mass is 375 g/mol. The molecule has 1 fully saturated rings. The molecule has 0 bridgehead atoms. The van der Waals surface area contributed by atoms with E-state index in [-0.39, 0.29) is 16.7 Å². The maximum Gasteiger partial charge on any atom is 0.293 e. The predicted molar refractivity (Wildman–Crippen MR) is 84.2 cm³/mol. The van der Waals surface area contributed by atoms with Crippen LogP contribution in [0.25, 0.3) is 0 Å². The van der Waals surface area contributed by atoms with Crippen molar-refractivity contribution in [3.63, 3.8) is 0 Å². The molecule has 0 saturated heterocycles. The molecule has 104 valence electrons. The van der Waals surface area contributed by atoms with Gasteiger partial charge in [-0.3, -0.25) is 10.1 Å². The van der Waals surface area contributed by atoms with E-state index in [1.165, 1.54) is 6.42 Å². The molecule has 2 unspecified atom stereocenters. The van der Waals surface area contributed by atoms with E-state index in [9.17, 15) is 10.1 Å². The number of benzene rings is 1. The van der Waals surface area contributed by atoms with Gasteiger partial charge in [0.25, 0.3) is 5.69 Å². The molecule has 19 heavy (non-hydrogen) atoms. The van der Waals surface area contributed by atoms with E-state index >= 15 is 0 Å². The van der Waals surface area contributed by atoms with Gasteiger partial charge in [0, 0.05) is 15.7 Å². The second kappa shape index (κ2) is 6.51. The Labute approximate surface area is 126 Å². The van der Waals surface area contributed by atoms with E-state index in [1.807, 2.05) is 6.07 Å². The van der Waals surface area contributed by atoms with Crippen LogP contribution in [-0.2, 0) is 0 Å². The van der Waals surface area contributed by atoms with Crippen molar-refractivity contribution in [3.8, 4) is 0 Å². The Morgan fingerprint density at radius 1 is 1.42 bits per heavy atom. The number of nitro groups is 1. The molecule has 2 rings (SSSR count). The van der Waals surface area contributed by atoms with Crippen LogP contribution >= 0.6 is 22.6 Å². The van der Waals surface area contributed by atoms with Gasteiger partial charge < -0.3 is 11.1 Å². The zero-order valence-corrected chi connectivity index (χ0v) is 12.8. The number of hydrogen-bond acceptors (Lipinski definition) is 4. The van der Waals surface area contributed by atoms with Crippen LogP contribution in [0.2, 0.25) is 0 Å². The first-order valence-electron chi connectivity index (χ1n) is 6.52. The topological polar surface area (TPSA) is 81.2 Å². The molecule has 6 heteroatoms. The summed E-state index contributed by atoms with van der Waals surface area (Å²) in [5.74, 6) is 0.410. The minimum atomic E-state index is -0.329. The van der Waals surface area contributed by atoms with Crippen LogP contribution in [0, 0.1) is 19.6 Å². The third-order valence-corrected chi connectivity index (χ3v) is 4.38. The lowest BCUT2D eigenvalue weighted by atomic mass is 9.84. The molecular weight excluding hydrogens is 357 g/mol. The fraction of sp³-hybridized carbons (Fsp3) is 0.538. The zero-order valence-electron chi connectivity index (χ0n) is 10.6. The lowest BCUT2D eigenvalue weighted by Crippen LogP contribution is -2.36. The first kappa shape index (κ1) is 14.5. The van der Waals surface area contributed by atoms with Crippen LogP contribution in [0.3, 0.4) is 0 Å². The quantitative estimate of drug-likeness (QED) is 0.481. The predicted octanol–water partition coefficient (Wildman–Crippen LogP) is 3.13. The Bertz CT molecular complexity index is 467. The van der Waals surface area contributed by atoms with E-state index in [4.69, 9.17) is 5.73 Å². The van der Waals surface area contributed by atoms with E-state index in [0.29, 0.717) is 18.2 Å². The molecule has 1 aliphatic rings. The molecule has 1 saturated carbocycles. The SMILES string of the molecule is NCC1CCCCC1Nc1ccc(I)cc1[N+](=O)[O-]. The largest absolute Gasteiger partial charge is 0.376 e. The van der Waals surface area contributed by atoms with Crippen molar-refractivity contribution in [2.45, 2.75) is 31.7 Å². The van der Waals surface area contributed by atoms with Crippen LogP contribution in [0.4, 0.5) is 11.4 Å². The van der Waals surface area contributed by atoms with E-state index in [1.54, 1.807) is 12.1 Å². The van der Waals surface area contributed by atoms with Gasteiger partial charge in [-0.2, -0.15) is 0 Å². The first-order valence-corrected chi connectivity index (χ1v) is 7.60. The van der Waals surface area contributed by atoms with Crippen LogP contribution in [0.15, 0.2) is 18.2 Å². The van der Waals surface area contributed by atoms with Gasteiger partial charge in [-0.1, -0.05) is 12.8 Å². The summed E-state index contributed by atoms with van der Waals surface area (Å²) in [6.07, 6.45) is 4.50. The number of hydrogen-bond donors (Lipinski definition) is 2. The van der Waals surface area contributed by atoms with Crippen molar-refractivity contribution < 1.29 is 4.92 Å². The van der Waals surface area contributed by atoms with E-state index in [0.717, 1.165) is 22.8 Å². The molecule has 0 aromatic heterocycles. The molecule has 0 heterocycles. The van der Waals surface area contributed by atoms with Gasteiger partial charge in [0.1, 0.15) is 5.69 Å². The Hall–Kier alpha value is -0.890. The number of nitro benzene ring substituents is 1. The van der Waals surface area contributed by atoms with Crippen molar-refractivity contribution in [2.24, 2.45) is 11.7 Å². The highest BCUT2D eigenvalue weighted by Gasteiger charge is 2.26. The third kappa shape index (κ3) is 3.56. The number of nitrogens with one attached hydrogen (secondary N) is 1. The fourth-order valence-corrected chi connectivity index (χ4v) is 3.13. The Kier molecular flexibility index (Phi) is 4.98. The third-order valence-electron chi connectivity index (χ3n) is 3.71. The van der Waals surface area contributed by atoms with Crippen LogP contribution in [0.5, 0.6) is 0 Å². The van der Waals surface area contributed by atoms with Crippen molar-refractivity contribution in [2.75, 3.05) is 11.9 Å². The summed E-state index contributed by atoms with van der Waals surface area (Å²) >= 11 is 2.09. The molecule has 0 amide bonds. The van der Waals surface area contributed by atoms with Gasteiger partial charge in [0.05, 0.1) is 4.92 Å². The minimum Gasteiger partial charge on any atom is -0.376 e.